The maximum Gasteiger partial charge on any atom is 0.316 e. The Morgan fingerprint density at radius 2 is 2.04 bits per heavy atom. The Kier molecular flexibility index (Phi) is 4.96. The average molecular weight is 349 g/mol. The first-order valence-electron chi connectivity index (χ1n) is 9.41. The van der Waals surface area contributed by atoms with Crippen LogP contribution in [0.1, 0.15) is 42.5 Å². The highest BCUT2D eigenvalue weighted by Crippen LogP contribution is 2.29. The van der Waals surface area contributed by atoms with Crippen LogP contribution in [0.2, 0.25) is 0 Å². The molecule has 6 heteroatoms. The van der Waals surface area contributed by atoms with E-state index in [9.17, 15) is 5.26 Å². The molecule has 0 bridgehead atoms. The fourth-order valence-corrected chi connectivity index (χ4v) is 3.89. The Labute approximate surface area is 153 Å². The molecule has 1 unspecified atom stereocenters. The van der Waals surface area contributed by atoms with E-state index in [4.69, 9.17) is 9.72 Å². The number of fused-ring (bicyclic) bond motifs is 1. The van der Waals surface area contributed by atoms with Crippen LogP contribution in [-0.2, 0) is 12.8 Å². The molecule has 0 saturated carbocycles. The predicted octanol–water partition coefficient (Wildman–Crippen LogP) is 2.92. The Bertz CT molecular complexity index is 802. The summed E-state index contributed by atoms with van der Waals surface area (Å²) >= 11 is 0. The van der Waals surface area contributed by atoms with Crippen molar-refractivity contribution in [3.8, 4) is 12.1 Å². The van der Waals surface area contributed by atoms with E-state index in [1.165, 1.54) is 24.1 Å². The van der Waals surface area contributed by atoms with Gasteiger partial charge in [0.05, 0.1) is 12.2 Å². The number of aryl methyl sites for hydroxylation is 2. The molecule has 6 nitrogen and oxygen atoms in total. The number of anilines is 1. The maximum atomic E-state index is 9.61. The SMILES string of the molecule is N#Cc1cc2c(nc1N1CCCC(COc3ncccn3)C1)CCCC2. The van der Waals surface area contributed by atoms with Crippen molar-refractivity contribution in [2.45, 2.75) is 38.5 Å². The first-order chi connectivity index (χ1) is 12.8. The zero-order valence-corrected chi connectivity index (χ0v) is 14.9. The van der Waals surface area contributed by atoms with Gasteiger partial charge in [0.2, 0.25) is 0 Å². The third kappa shape index (κ3) is 3.62. The van der Waals surface area contributed by atoms with Crippen LogP contribution in [0.3, 0.4) is 0 Å². The van der Waals surface area contributed by atoms with Gasteiger partial charge in [0.1, 0.15) is 11.9 Å². The van der Waals surface area contributed by atoms with E-state index in [1.807, 2.05) is 0 Å². The van der Waals surface area contributed by atoms with E-state index in [0.717, 1.165) is 44.6 Å². The Morgan fingerprint density at radius 3 is 2.88 bits per heavy atom. The van der Waals surface area contributed by atoms with Crippen LogP contribution in [0.15, 0.2) is 24.5 Å². The van der Waals surface area contributed by atoms with E-state index >= 15 is 0 Å². The summed E-state index contributed by atoms with van der Waals surface area (Å²) in [4.78, 5) is 15.4. The van der Waals surface area contributed by atoms with E-state index in [2.05, 4.69) is 27.0 Å². The molecule has 134 valence electrons. The molecule has 2 aromatic rings. The summed E-state index contributed by atoms with van der Waals surface area (Å²) in [5.41, 5.74) is 3.15. The summed E-state index contributed by atoms with van der Waals surface area (Å²) < 4.78 is 5.74. The minimum Gasteiger partial charge on any atom is -0.463 e. The Balaban J connectivity index is 1.48. The lowest BCUT2D eigenvalue weighted by atomic mass is 9.94. The van der Waals surface area contributed by atoms with Crippen molar-refractivity contribution in [1.82, 2.24) is 15.0 Å². The molecule has 2 aliphatic rings. The molecular weight excluding hydrogens is 326 g/mol. The highest BCUT2D eigenvalue weighted by Gasteiger charge is 2.25. The van der Waals surface area contributed by atoms with Crippen LogP contribution in [0, 0.1) is 17.2 Å². The lowest BCUT2D eigenvalue weighted by molar-refractivity contribution is 0.214. The smallest absolute Gasteiger partial charge is 0.316 e. The molecule has 3 heterocycles. The van der Waals surface area contributed by atoms with Crippen LogP contribution in [0.5, 0.6) is 6.01 Å². The van der Waals surface area contributed by atoms with Gasteiger partial charge in [-0.05, 0) is 56.2 Å². The molecule has 0 amide bonds. The molecular formula is C20H23N5O. The van der Waals surface area contributed by atoms with Gasteiger partial charge in [0.25, 0.3) is 0 Å². The molecule has 2 aromatic heterocycles. The third-order valence-corrected chi connectivity index (χ3v) is 5.21. The standard InChI is InChI=1S/C20H23N5O/c21-12-17-11-16-6-1-2-7-18(16)24-19(17)25-10-3-5-15(13-25)14-26-20-22-8-4-9-23-20/h4,8-9,11,15H,1-3,5-7,10,13-14H2. The molecule has 0 spiro atoms. The van der Waals surface area contributed by atoms with Gasteiger partial charge < -0.3 is 9.64 Å². The zero-order valence-electron chi connectivity index (χ0n) is 14.9. The number of hydrogen-bond acceptors (Lipinski definition) is 6. The normalized spacial score (nSPS) is 19.5. The monoisotopic (exact) mass is 349 g/mol. The molecule has 1 fully saturated rings. The van der Waals surface area contributed by atoms with Gasteiger partial charge in [-0.15, -0.1) is 0 Å². The second kappa shape index (κ2) is 7.69. The van der Waals surface area contributed by atoms with Crippen molar-refractivity contribution in [1.29, 1.82) is 5.26 Å². The van der Waals surface area contributed by atoms with E-state index < -0.39 is 0 Å². The highest BCUT2D eigenvalue weighted by molar-refractivity contribution is 5.56. The number of nitriles is 1. The fraction of sp³-hybridized carbons (Fsp3) is 0.500. The average Bonchev–Trinajstić information content (AvgIpc) is 2.72. The maximum absolute atomic E-state index is 9.61. The number of ether oxygens (including phenoxy) is 1. The minimum atomic E-state index is 0.386. The van der Waals surface area contributed by atoms with Crippen molar-refractivity contribution >= 4 is 5.82 Å². The van der Waals surface area contributed by atoms with Crippen LogP contribution in [0.25, 0.3) is 0 Å². The van der Waals surface area contributed by atoms with Crippen LogP contribution < -0.4 is 9.64 Å². The van der Waals surface area contributed by atoms with E-state index in [0.29, 0.717) is 24.1 Å². The topological polar surface area (TPSA) is 74.9 Å². The number of piperidine rings is 1. The lowest BCUT2D eigenvalue weighted by Gasteiger charge is -2.34. The number of rotatable bonds is 4. The quantitative estimate of drug-likeness (QED) is 0.845. The van der Waals surface area contributed by atoms with Gasteiger partial charge in [-0.3, -0.25) is 0 Å². The molecule has 1 atom stereocenters. The fourth-order valence-electron chi connectivity index (χ4n) is 3.89. The molecule has 1 aliphatic heterocycles. The van der Waals surface area contributed by atoms with Crippen molar-refractivity contribution < 1.29 is 4.74 Å². The van der Waals surface area contributed by atoms with Crippen LogP contribution in [0.4, 0.5) is 5.82 Å². The van der Waals surface area contributed by atoms with Crippen LogP contribution in [-0.4, -0.2) is 34.6 Å². The number of aromatic nitrogens is 3. The molecule has 26 heavy (non-hydrogen) atoms. The van der Waals surface area contributed by atoms with E-state index in [1.54, 1.807) is 18.5 Å². The van der Waals surface area contributed by atoms with Crippen molar-refractivity contribution in [3.05, 3.63) is 41.3 Å². The summed E-state index contributed by atoms with van der Waals surface area (Å²) in [5, 5.41) is 9.61. The van der Waals surface area contributed by atoms with Gasteiger partial charge in [0, 0.05) is 37.1 Å². The van der Waals surface area contributed by atoms with Crippen molar-refractivity contribution in [3.63, 3.8) is 0 Å². The molecule has 1 aliphatic carbocycles. The third-order valence-electron chi connectivity index (χ3n) is 5.21. The lowest BCUT2D eigenvalue weighted by Crippen LogP contribution is -2.39. The minimum absolute atomic E-state index is 0.386. The molecule has 4 rings (SSSR count). The molecule has 0 aromatic carbocycles. The summed E-state index contributed by atoms with van der Waals surface area (Å²) in [7, 11) is 0. The van der Waals surface area contributed by atoms with Gasteiger partial charge >= 0.3 is 6.01 Å². The van der Waals surface area contributed by atoms with Gasteiger partial charge in [-0.2, -0.15) is 5.26 Å². The van der Waals surface area contributed by atoms with Crippen molar-refractivity contribution in [2.24, 2.45) is 5.92 Å². The summed E-state index contributed by atoms with van der Waals surface area (Å²) in [6.07, 6.45) is 10.0. The first-order valence-corrected chi connectivity index (χ1v) is 9.41. The van der Waals surface area contributed by atoms with E-state index in [-0.39, 0.29) is 0 Å². The number of nitrogens with zero attached hydrogens (tertiary/aromatic N) is 5. The Hall–Kier alpha value is -2.68. The van der Waals surface area contributed by atoms with Gasteiger partial charge in [-0.1, -0.05) is 0 Å². The summed E-state index contributed by atoms with van der Waals surface area (Å²) in [5.74, 6) is 1.24. The van der Waals surface area contributed by atoms with Crippen molar-refractivity contribution in [2.75, 3.05) is 24.6 Å². The predicted molar refractivity (Wildman–Crippen MR) is 98.1 cm³/mol. The van der Waals surface area contributed by atoms with Crippen LogP contribution >= 0.6 is 0 Å². The summed E-state index contributed by atoms with van der Waals surface area (Å²) in [6.45, 7) is 2.39. The molecule has 0 N–H and O–H groups in total. The zero-order chi connectivity index (χ0) is 17.8. The van der Waals surface area contributed by atoms with Gasteiger partial charge in [0.15, 0.2) is 0 Å². The summed E-state index contributed by atoms with van der Waals surface area (Å²) in [6, 6.07) is 6.63. The number of hydrogen-bond donors (Lipinski definition) is 0. The Morgan fingerprint density at radius 1 is 1.19 bits per heavy atom. The first kappa shape index (κ1) is 16.8. The molecule has 0 radical (unpaired) electrons. The molecule has 1 saturated heterocycles. The van der Waals surface area contributed by atoms with Gasteiger partial charge in [-0.25, -0.2) is 15.0 Å². The second-order valence-electron chi connectivity index (χ2n) is 7.08. The second-order valence-corrected chi connectivity index (χ2v) is 7.08. The number of pyridine rings is 1. The highest BCUT2D eigenvalue weighted by atomic mass is 16.5. The largest absolute Gasteiger partial charge is 0.463 e.